The third-order valence-electron chi connectivity index (χ3n) is 3.77. The molecule has 2 nitrogen and oxygen atoms in total. The van der Waals surface area contributed by atoms with Gasteiger partial charge in [0.2, 0.25) is 0 Å². The van der Waals surface area contributed by atoms with Crippen LogP contribution in [0.3, 0.4) is 0 Å². The highest BCUT2D eigenvalue weighted by molar-refractivity contribution is 5.43. The first-order valence-electron chi connectivity index (χ1n) is 7.28. The van der Waals surface area contributed by atoms with Crippen LogP contribution in [0.5, 0.6) is 0 Å². The van der Waals surface area contributed by atoms with Crippen molar-refractivity contribution in [2.75, 3.05) is 0 Å². The highest BCUT2D eigenvalue weighted by atomic mass is 15.1. The number of hydrogen-bond acceptors (Lipinski definition) is 2. The van der Waals surface area contributed by atoms with Crippen LogP contribution < -0.4 is 15.9 Å². The molecule has 1 aliphatic heterocycles. The molecule has 1 aliphatic rings. The summed E-state index contributed by atoms with van der Waals surface area (Å²) in [5.74, 6) is 0. The maximum Gasteiger partial charge on any atom is 0.149 e. The molecule has 0 saturated heterocycles. The van der Waals surface area contributed by atoms with Crippen molar-refractivity contribution in [1.82, 2.24) is 5.32 Å². The SMILES string of the molecule is C=CNC1(CCCCCC)C=c2c(C)cccc2=N1. The lowest BCUT2D eigenvalue weighted by atomic mass is 10.0. The molecular weight excluding hydrogens is 232 g/mol. The van der Waals surface area contributed by atoms with Crippen molar-refractivity contribution in [3.63, 3.8) is 0 Å². The summed E-state index contributed by atoms with van der Waals surface area (Å²) in [6.45, 7) is 8.19. The molecule has 1 atom stereocenters. The number of nitrogens with zero attached hydrogens (tertiary/aromatic N) is 1. The second-order valence-electron chi connectivity index (χ2n) is 5.35. The van der Waals surface area contributed by atoms with Gasteiger partial charge in [-0.1, -0.05) is 44.9 Å². The minimum absolute atomic E-state index is 0.274. The van der Waals surface area contributed by atoms with Crippen LogP contribution in [0.15, 0.2) is 36.0 Å². The number of benzene rings is 1. The van der Waals surface area contributed by atoms with Gasteiger partial charge in [0.25, 0.3) is 0 Å². The second kappa shape index (κ2) is 6.05. The van der Waals surface area contributed by atoms with E-state index < -0.39 is 0 Å². The van der Waals surface area contributed by atoms with Crippen LogP contribution in [0.2, 0.25) is 0 Å². The smallest absolute Gasteiger partial charge is 0.149 e. The van der Waals surface area contributed by atoms with Crippen LogP contribution in [0.1, 0.15) is 44.6 Å². The molecule has 0 bridgehead atoms. The van der Waals surface area contributed by atoms with Crippen molar-refractivity contribution in [1.29, 1.82) is 0 Å². The lowest BCUT2D eigenvalue weighted by Crippen LogP contribution is -2.37. The highest BCUT2D eigenvalue weighted by Crippen LogP contribution is 2.21. The van der Waals surface area contributed by atoms with Gasteiger partial charge in [0.05, 0.1) is 5.36 Å². The van der Waals surface area contributed by atoms with Gasteiger partial charge in [-0.3, -0.25) is 4.99 Å². The molecule has 1 aromatic carbocycles. The first-order valence-corrected chi connectivity index (χ1v) is 7.28. The van der Waals surface area contributed by atoms with Crippen molar-refractivity contribution >= 4 is 6.08 Å². The highest BCUT2D eigenvalue weighted by Gasteiger charge is 2.27. The minimum Gasteiger partial charge on any atom is -0.365 e. The number of fused-ring (bicyclic) bond motifs is 1. The third kappa shape index (κ3) is 3.06. The van der Waals surface area contributed by atoms with E-state index >= 15 is 0 Å². The Hall–Kier alpha value is -1.57. The quantitative estimate of drug-likeness (QED) is 0.745. The Labute approximate surface area is 116 Å². The first kappa shape index (κ1) is 13.9. The van der Waals surface area contributed by atoms with Crippen LogP contribution in [-0.2, 0) is 0 Å². The second-order valence-corrected chi connectivity index (χ2v) is 5.35. The van der Waals surface area contributed by atoms with Crippen molar-refractivity contribution in [3.05, 3.63) is 47.1 Å². The van der Waals surface area contributed by atoms with Gasteiger partial charge >= 0.3 is 0 Å². The molecule has 19 heavy (non-hydrogen) atoms. The lowest BCUT2D eigenvalue weighted by molar-refractivity contribution is 0.437. The molecule has 1 N–H and O–H groups in total. The van der Waals surface area contributed by atoms with E-state index in [-0.39, 0.29) is 5.66 Å². The fraction of sp³-hybridized carbons (Fsp3) is 0.471. The fourth-order valence-electron chi connectivity index (χ4n) is 2.71. The predicted octanol–water partition coefficient (Wildman–Crippen LogP) is 2.81. The molecule has 1 aromatic rings. The Bertz CT molecular complexity index is 559. The van der Waals surface area contributed by atoms with Gasteiger partial charge in [-0.15, -0.1) is 0 Å². The van der Waals surface area contributed by atoms with E-state index in [1.165, 1.54) is 36.5 Å². The molecule has 1 heterocycles. The van der Waals surface area contributed by atoms with Gasteiger partial charge in [0.1, 0.15) is 5.66 Å². The topological polar surface area (TPSA) is 24.4 Å². The zero-order valence-electron chi connectivity index (χ0n) is 12.1. The Kier molecular flexibility index (Phi) is 4.41. The average Bonchev–Trinajstić information content (AvgIpc) is 2.76. The summed E-state index contributed by atoms with van der Waals surface area (Å²) in [6.07, 6.45) is 10.1. The normalized spacial score (nSPS) is 20.3. The largest absolute Gasteiger partial charge is 0.365 e. The van der Waals surface area contributed by atoms with Gasteiger partial charge in [0.15, 0.2) is 0 Å². The maximum atomic E-state index is 4.89. The van der Waals surface area contributed by atoms with E-state index in [0.717, 1.165) is 11.8 Å². The van der Waals surface area contributed by atoms with Gasteiger partial charge in [-0.2, -0.15) is 0 Å². The Morgan fingerprint density at radius 2 is 2.16 bits per heavy atom. The maximum absolute atomic E-state index is 4.89. The summed E-state index contributed by atoms with van der Waals surface area (Å²) in [7, 11) is 0. The Morgan fingerprint density at radius 3 is 2.84 bits per heavy atom. The van der Waals surface area contributed by atoms with E-state index in [4.69, 9.17) is 4.99 Å². The lowest BCUT2D eigenvalue weighted by Gasteiger charge is -2.24. The van der Waals surface area contributed by atoms with Crippen LogP contribution in [-0.4, -0.2) is 5.66 Å². The number of aryl methyl sites for hydroxylation is 1. The Balaban J connectivity index is 2.23. The summed E-state index contributed by atoms with van der Waals surface area (Å²) in [4.78, 5) is 4.89. The number of unbranched alkanes of at least 4 members (excludes halogenated alkanes) is 3. The molecule has 0 radical (unpaired) electrons. The number of rotatable bonds is 7. The summed E-state index contributed by atoms with van der Waals surface area (Å²) in [5.41, 5.74) is 1.02. The van der Waals surface area contributed by atoms with Crippen LogP contribution in [0.4, 0.5) is 0 Å². The fourth-order valence-corrected chi connectivity index (χ4v) is 2.71. The zero-order chi connectivity index (χ0) is 13.7. The van der Waals surface area contributed by atoms with E-state index in [0.29, 0.717) is 0 Å². The minimum atomic E-state index is -0.274. The average molecular weight is 256 g/mol. The third-order valence-corrected chi connectivity index (χ3v) is 3.77. The zero-order valence-corrected chi connectivity index (χ0v) is 12.1. The molecule has 2 rings (SSSR count). The molecule has 0 fully saturated rings. The summed E-state index contributed by atoms with van der Waals surface area (Å²) in [6, 6.07) is 6.32. The molecular formula is C17H24N2. The van der Waals surface area contributed by atoms with Gasteiger partial charge < -0.3 is 5.32 Å². The molecule has 2 heteroatoms. The van der Waals surface area contributed by atoms with Crippen molar-refractivity contribution in [2.45, 2.75) is 51.6 Å². The molecule has 0 aliphatic carbocycles. The van der Waals surface area contributed by atoms with Crippen LogP contribution >= 0.6 is 0 Å². The number of hydrogen-bond donors (Lipinski definition) is 1. The van der Waals surface area contributed by atoms with E-state index in [9.17, 15) is 0 Å². The summed E-state index contributed by atoms with van der Waals surface area (Å²) in [5, 5.41) is 5.72. The summed E-state index contributed by atoms with van der Waals surface area (Å²) < 4.78 is 0. The molecule has 1 unspecified atom stereocenters. The van der Waals surface area contributed by atoms with Crippen molar-refractivity contribution in [3.8, 4) is 0 Å². The van der Waals surface area contributed by atoms with Crippen molar-refractivity contribution < 1.29 is 0 Å². The van der Waals surface area contributed by atoms with Gasteiger partial charge in [-0.05, 0) is 43.7 Å². The monoisotopic (exact) mass is 256 g/mol. The van der Waals surface area contributed by atoms with E-state index in [2.05, 4.69) is 50.0 Å². The molecule has 102 valence electrons. The molecule has 0 spiro atoms. The molecule has 0 saturated carbocycles. The molecule has 0 amide bonds. The van der Waals surface area contributed by atoms with Gasteiger partial charge in [0, 0.05) is 5.22 Å². The predicted molar refractivity (Wildman–Crippen MR) is 81.2 cm³/mol. The van der Waals surface area contributed by atoms with Crippen molar-refractivity contribution in [2.24, 2.45) is 4.99 Å². The Morgan fingerprint density at radius 1 is 1.32 bits per heavy atom. The van der Waals surface area contributed by atoms with Crippen LogP contribution in [0.25, 0.3) is 6.08 Å². The first-order chi connectivity index (χ1) is 9.21. The van der Waals surface area contributed by atoms with Gasteiger partial charge in [-0.25, -0.2) is 0 Å². The number of nitrogens with one attached hydrogen (secondary N) is 1. The van der Waals surface area contributed by atoms with E-state index in [1.807, 2.05) is 0 Å². The standard InChI is InChI=1S/C17H24N2/c1-4-6-7-8-12-17(18-5-2)13-15-14(3)10-9-11-16(15)19-17/h5,9-11,13,18H,2,4,6-8,12H2,1,3H3. The summed E-state index contributed by atoms with van der Waals surface area (Å²) >= 11 is 0. The van der Waals surface area contributed by atoms with Crippen LogP contribution in [0, 0.1) is 6.92 Å². The molecule has 0 aromatic heterocycles. The van der Waals surface area contributed by atoms with E-state index in [1.54, 1.807) is 6.20 Å².